The van der Waals surface area contributed by atoms with Crippen molar-refractivity contribution in [3.63, 3.8) is 0 Å². The summed E-state index contributed by atoms with van der Waals surface area (Å²) in [6.07, 6.45) is 0. The molecule has 0 aliphatic carbocycles. The zero-order chi connectivity index (χ0) is 14.6. The molecule has 0 atom stereocenters. The second-order valence-electron chi connectivity index (χ2n) is 4.48. The van der Waals surface area contributed by atoms with Gasteiger partial charge in [-0.05, 0) is 31.2 Å². The van der Waals surface area contributed by atoms with Gasteiger partial charge < -0.3 is 9.47 Å². The summed E-state index contributed by atoms with van der Waals surface area (Å²) in [5.41, 5.74) is 0. The maximum Gasteiger partial charge on any atom is 0.243 e. The third-order valence-electron chi connectivity index (χ3n) is 2.87. The first kappa shape index (κ1) is 15.0. The van der Waals surface area contributed by atoms with E-state index >= 15 is 0 Å². The molecule has 0 unspecified atom stereocenters. The molecule has 110 valence electrons. The molecule has 2 rings (SSSR count). The number of Topliss-reactive ketones (excluding diaryl/α,β-unsaturated/α-hetero) is 1. The van der Waals surface area contributed by atoms with Gasteiger partial charge in [-0.3, -0.25) is 4.79 Å². The molecular formula is C13H17NO5S. The Bertz CT molecular complexity index is 561. The number of carbonyl (C=O) groups excluding carboxylic acids is 1. The molecule has 6 nitrogen and oxygen atoms in total. The van der Waals surface area contributed by atoms with Gasteiger partial charge in [0, 0.05) is 13.1 Å². The Morgan fingerprint density at radius 3 is 2.40 bits per heavy atom. The molecule has 1 aliphatic rings. The minimum Gasteiger partial charge on any atom is -0.486 e. The van der Waals surface area contributed by atoms with Crippen molar-refractivity contribution in [3.05, 3.63) is 24.3 Å². The van der Waals surface area contributed by atoms with Gasteiger partial charge in [0.2, 0.25) is 10.0 Å². The lowest BCUT2D eigenvalue weighted by Gasteiger charge is -2.26. The molecule has 0 radical (unpaired) electrons. The van der Waals surface area contributed by atoms with E-state index in [0.717, 1.165) is 0 Å². The first-order valence-electron chi connectivity index (χ1n) is 6.30. The Kier molecular flexibility index (Phi) is 4.74. The van der Waals surface area contributed by atoms with E-state index in [1.807, 2.05) is 0 Å². The van der Waals surface area contributed by atoms with Crippen molar-refractivity contribution >= 4 is 15.8 Å². The highest BCUT2D eigenvalue weighted by atomic mass is 32.2. The first-order chi connectivity index (χ1) is 9.50. The van der Waals surface area contributed by atoms with Gasteiger partial charge >= 0.3 is 0 Å². The summed E-state index contributed by atoms with van der Waals surface area (Å²) in [7, 11) is -3.48. The van der Waals surface area contributed by atoms with Crippen molar-refractivity contribution in [2.24, 2.45) is 0 Å². The number of ketones is 1. The quantitative estimate of drug-likeness (QED) is 0.799. The fourth-order valence-corrected chi connectivity index (χ4v) is 3.24. The first-order valence-corrected chi connectivity index (χ1v) is 7.74. The Hall–Kier alpha value is -1.44. The predicted molar refractivity (Wildman–Crippen MR) is 72.2 cm³/mol. The Balaban J connectivity index is 2.10. The zero-order valence-electron chi connectivity index (χ0n) is 11.2. The van der Waals surface area contributed by atoms with Crippen LogP contribution >= 0.6 is 0 Å². The Morgan fingerprint density at radius 2 is 1.85 bits per heavy atom. The second kappa shape index (κ2) is 6.34. The van der Waals surface area contributed by atoms with Gasteiger partial charge in [-0.2, -0.15) is 4.31 Å². The highest BCUT2D eigenvalue weighted by molar-refractivity contribution is 7.89. The number of ether oxygens (including phenoxy) is 2. The number of carbonyl (C=O) groups is 1. The fraction of sp³-hybridized carbons (Fsp3) is 0.462. The molecule has 1 heterocycles. The standard InChI is InChI=1S/C13H17NO5S/c1-11(15)10-19-12-2-4-13(5-3-12)20(16,17)14-6-8-18-9-7-14/h2-5H,6-10H2,1H3. The van der Waals surface area contributed by atoms with Crippen LogP contribution in [-0.2, 0) is 19.6 Å². The van der Waals surface area contributed by atoms with Crippen LogP contribution in [0.25, 0.3) is 0 Å². The normalized spacial score (nSPS) is 16.9. The SMILES string of the molecule is CC(=O)COc1ccc(S(=O)(=O)N2CCOCC2)cc1. The van der Waals surface area contributed by atoms with Crippen molar-refractivity contribution in [2.45, 2.75) is 11.8 Å². The van der Waals surface area contributed by atoms with E-state index in [-0.39, 0.29) is 17.3 Å². The average molecular weight is 299 g/mol. The van der Waals surface area contributed by atoms with E-state index in [9.17, 15) is 13.2 Å². The number of sulfonamides is 1. The van der Waals surface area contributed by atoms with Crippen molar-refractivity contribution in [1.82, 2.24) is 4.31 Å². The van der Waals surface area contributed by atoms with Crippen LogP contribution in [-0.4, -0.2) is 51.4 Å². The van der Waals surface area contributed by atoms with Crippen molar-refractivity contribution < 1.29 is 22.7 Å². The molecule has 1 saturated heterocycles. The Morgan fingerprint density at radius 1 is 1.25 bits per heavy atom. The summed E-state index contributed by atoms with van der Waals surface area (Å²) in [6.45, 7) is 2.97. The molecular weight excluding hydrogens is 282 g/mol. The summed E-state index contributed by atoms with van der Waals surface area (Å²) < 4.78 is 36.4. The lowest BCUT2D eigenvalue weighted by Crippen LogP contribution is -2.40. The van der Waals surface area contributed by atoms with Crippen molar-refractivity contribution in [3.8, 4) is 5.75 Å². The zero-order valence-corrected chi connectivity index (χ0v) is 12.1. The molecule has 0 N–H and O–H groups in total. The van der Waals surface area contributed by atoms with E-state index in [1.165, 1.54) is 23.4 Å². The molecule has 0 saturated carbocycles. The average Bonchev–Trinajstić information content (AvgIpc) is 2.46. The van der Waals surface area contributed by atoms with E-state index < -0.39 is 10.0 Å². The van der Waals surface area contributed by atoms with Gasteiger partial charge in [0.05, 0.1) is 18.1 Å². The molecule has 0 bridgehead atoms. The number of hydrogen-bond acceptors (Lipinski definition) is 5. The predicted octanol–water partition coefficient (Wildman–Crippen LogP) is 0.675. The van der Waals surface area contributed by atoms with Crippen LogP contribution in [0.5, 0.6) is 5.75 Å². The number of nitrogens with zero attached hydrogens (tertiary/aromatic N) is 1. The minimum atomic E-state index is -3.48. The van der Waals surface area contributed by atoms with Crippen LogP contribution < -0.4 is 4.74 Å². The van der Waals surface area contributed by atoms with Gasteiger partial charge in [0.25, 0.3) is 0 Å². The van der Waals surface area contributed by atoms with Crippen LogP contribution in [0.1, 0.15) is 6.92 Å². The molecule has 7 heteroatoms. The molecule has 1 aromatic rings. The topological polar surface area (TPSA) is 72.9 Å². The summed E-state index contributed by atoms with van der Waals surface area (Å²) in [5, 5.41) is 0. The van der Waals surface area contributed by atoms with Crippen LogP contribution in [0, 0.1) is 0 Å². The smallest absolute Gasteiger partial charge is 0.243 e. The van der Waals surface area contributed by atoms with Gasteiger partial charge in [-0.15, -0.1) is 0 Å². The number of hydrogen-bond donors (Lipinski definition) is 0. The molecule has 1 aromatic carbocycles. The molecule has 0 amide bonds. The van der Waals surface area contributed by atoms with E-state index in [0.29, 0.717) is 32.1 Å². The second-order valence-corrected chi connectivity index (χ2v) is 6.42. The van der Waals surface area contributed by atoms with Gasteiger partial charge in [0.1, 0.15) is 12.4 Å². The molecule has 20 heavy (non-hydrogen) atoms. The van der Waals surface area contributed by atoms with E-state index in [1.54, 1.807) is 12.1 Å². The van der Waals surface area contributed by atoms with Crippen LogP contribution in [0.4, 0.5) is 0 Å². The van der Waals surface area contributed by atoms with Crippen molar-refractivity contribution in [2.75, 3.05) is 32.9 Å². The van der Waals surface area contributed by atoms with E-state index in [2.05, 4.69) is 0 Å². The van der Waals surface area contributed by atoms with Gasteiger partial charge in [-0.25, -0.2) is 8.42 Å². The van der Waals surface area contributed by atoms with Gasteiger partial charge in [0.15, 0.2) is 5.78 Å². The van der Waals surface area contributed by atoms with Crippen LogP contribution in [0.3, 0.4) is 0 Å². The van der Waals surface area contributed by atoms with Crippen LogP contribution in [0.2, 0.25) is 0 Å². The van der Waals surface area contributed by atoms with Crippen molar-refractivity contribution in [1.29, 1.82) is 0 Å². The minimum absolute atomic E-state index is 0.0183. The van der Waals surface area contributed by atoms with Crippen LogP contribution in [0.15, 0.2) is 29.2 Å². The maximum atomic E-state index is 12.3. The lowest BCUT2D eigenvalue weighted by atomic mass is 10.3. The number of morpholine rings is 1. The highest BCUT2D eigenvalue weighted by Gasteiger charge is 2.26. The highest BCUT2D eigenvalue weighted by Crippen LogP contribution is 2.20. The summed E-state index contributed by atoms with van der Waals surface area (Å²) in [4.78, 5) is 11.0. The lowest BCUT2D eigenvalue weighted by molar-refractivity contribution is -0.118. The summed E-state index contributed by atoms with van der Waals surface area (Å²) in [5.74, 6) is 0.385. The Labute approximate surface area is 118 Å². The largest absolute Gasteiger partial charge is 0.486 e. The molecule has 1 fully saturated rings. The fourth-order valence-electron chi connectivity index (χ4n) is 1.83. The maximum absolute atomic E-state index is 12.3. The molecule has 0 aromatic heterocycles. The monoisotopic (exact) mass is 299 g/mol. The molecule has 0 spiro atoms. The third-order valence-corrected chi connectivity index (χ3v) is 4.79. The number of benzene rings is 1. The molecule has 1 aliphatic heterocycles. The van der Waals surface area contributed by atoms with Gasteiger partial charge in [-0.1, -0.05) is 0 Å². The summed E-state index contributed by atoms with van der Waals surface area (Å²) in [6, 6.07) is 6.08. The van der Waals surface area contributed by atoms with E-state index in [4.69, 9.17) is 9.47 Å². The summed E-state index contributed by atoms with van der Waals surface area (Å²) >= 11 is 0. The number of rotatable bonds is 5. The third kappa shape index (κ3) is 3.56.